The number of nitrogens with one attached hydrogen (secondary N) is 1. The Bertz CT molecular complexity index is 517. The Labute approximate surface area is 98.6 Å². The van der Waals surface area contributed by atoms with E-state index in [2.05, 4.69) is 20.8 Å². The monoisotopic (exact) mass is 231 g/mol. The first kappa shape index (κ1) is 11.3. The highest BCUT2D eigenvalue weighted by molar-refractivity contribution is 5.90. The number of benzene rings is 1. The molecular formula is C11H13N5O. The number of aryl methyl sites for hydroxylation is 1. The SMILES string of the molecule is CCC(=O)Nc1ccc(-c2nnnn2C)cc1. The van der Waals surface area contributed by atoms with Gasteiger partial charge in [-0.1, -0.05) is 6.92 Å². The molecular weight excluding hydrogens is 218 g/mol. The van der Waals surface area contributed by atoms with Gasteiger partial charge >= 0.3 is 0 Å². The molecule has 6 heteroatoms. The zero-order valence-corrected chi connectivity index (χ0v) is 9.71. The average Bonchev–Trinajstić information content (AvgIpc) is 2.76. The summed E-state index contributed by atoms with van der Waals surface area (Å²) in [6.07, 6.45) is 0.467. The van der Waals surface area contributed by atoms with E-state index in [4.69, 9.17) is 0 Å². The molecule has 88 valence electrons. The van der Waals surface area contributed by atoms with E-state index in [9.17, 15) is 4.79 Å². The zero-order valence-electron chi connectivity index (χ0n) is 9.71. The lowest BCUT2D eigenvalue weighted by molar-refractivity contribution is -0.115. The van der Waals surface area contributed by atoms with E-state index in [0.29, 0.717) is 12.2 Å². The van der Waals surface area contributed by atoms with E-state index in [1.54, 1.807) is 11.7 Å². The summed E-state index contributed by atoms with van der Waals surface area (Å²) in [6, 6.07) is 7.41. The predicted molar refractivity (Wildman–Crippen MR) is 63.2 cm³/mol. The fourth-order valence-electron chi connectivity index (χ4n) is 1.43. The van der Waals surface area contributed by atoms with E-state index in [-0.39, 0.29) is 5.91 Å². The van der Waals surface area contributed by atoms with Crippen molar-refractivity contribution in [1.82, 2.24) is 20.2 Å². The Hall–Kier alpha value is -2.24. The molecule has 0 aliphatic heterocycles. The van der Waals surface area contributed by atoms with Gasteiger partial charge in [0.25, 0.3) is 0 Å². The quantitative estimate of drug-likeness (QED) is 0.862. The number of amides is 1. The van der Waals surface area contributed by atoms with Crippen molar-refractivity contribution in [2.75, 3.05) is 5.32 Å². The normalized spacial score (nSPS) is 10.2. The van der Waals surface area contributed by atoms with Crippen molar-refractivity contribution in [2.24, 2.45) is 7.05 Å². The summed E-state index contributed by atoms with van der Waals surface area (Å²) in [7, 11) is 1.78. The van der Waals surface area contributed by atoms with Gasteiger partial charge in [0.1, 0.15) is 0 Å². The highest BCUT2D eigenvalue weighted by atomic mass is 16.1. The van der Waals surface area contributed by atoms with Crippen LogP contribution in [-0.4, -0.2) is 26.1 Å². The maximum absolute atomic E-state index is 11.2. The standard InChI is InChI=1S/C11H13N5O/c1-3-10(17)12-9-6-4-8(5-7-9)11-13-14-15-16(11)2/h4-7H,3H2,1-2H3,(H,12,17). The number of anilines is 1. The number of aromatic nitrogens is 4. The second kappa shape index (κ2) is 4.73. The number of carbonyl (C=O) groups is 1. The fraction of sp³-hybridized carbons (Fsp3) is 0.273. The van der Waals surface area contributed by atoms with Gasteiger partial charge in [0, 0.05) is 24.7 Å². The van der Waals surface area contributed by atoms with Crippen LogP contribution in [0.4, 0.5) is 5.69 Å². The van der Waals surface area contributed by atoms with Crippen molar-refractivity contribution >= 4 is 11.6 Å². The molecule has 0 aliphatic rings. The van der Waals surface area contributed by atoms with Crippen LogP contribution in [0.15, 0.2) is 24.3 Å². The first-order chi connectivity index (χ1) is 8.20. The van der Waals surface area contributed by atoms with Crippen molar-refractivity contribution in [3.05, 3.63) is 24.3 Å². The third-order valence-electron chi connectivity index (χ3n) is 2.37. The van der Waals surface area contributed by atoms with Gasteiger partial charge in [-0.3, -0.25) is 4.79 Å². The number of carbonyl (C=O) groups excluding carboxylic acids is 1. The summed E-state index contributed by atoms with van der Waals surface area (Å²) in [5.74, 6) is 0.691. The van der Waals surface area contributed by atoms with E-state index in [1.165, 1.54) is 0 Å². The van der Waals surface area contributed by atoms with Gasteiger partial charge in [-0.15, -0.1) is 5.10 Å². The van der Waals surface area contributed by atoms with Crippen LogP contribution in [0.5, 0.6) is 0 Å². The van der Waals surface area contributed by atoms with Crippen molar-refractivity contribution in [3.63, 3.8) is 0 Å². The topological polar surface area (TPSA) is 72.7 Å². The van der Waals surface area contributed by atoms with Gasteiger partial charge in [-0.25, -0.2) is 4.68 Å². The van der Waals surface area contributed by atoms with Gasteiger partial charge in [0.05, 0.1) is 0 Å². The second-order valence-corrected chi connectivity index (χ2v) is 3.61. The molecule has 0 bridgehead atoms. The number of hydrogen-bond donors (Lipinski definition) is 1. The molecule has 1 heterocycles. The second-order valence-electron chi connectivity index (χ2n) is 3.61. The van der Waals surface area contributed by atoms with Crippen molar-refractivity contribution in [1.29, 1.82) is 0 Å². The largest absolute Gasteiger partial charge is 0.326 e. The molecule has 2 rings (SSSR count). The van der Waals surface area contributed by atoms with Gasteiger partial charge < -0.3 is 5.32 Å². The molecule has 0 fully saturated rings. The van der Waals surface area contributed by atoms with Crippen LogP contribution < -0.4 is 5.32 Å². The third kappa shape index (κ3) is 2.47. The minimum Gasteiger partial charge on any atom is -0.326 e. The van der Waals surface area contributed by atoms with Crippen LogP contribution in [0.3, 0.4) is 0 Å². The lowest BCUT2D eigenvalue weighted by Gasteiger charge is -2.04. The van der Waals surface area contributed by atoms with Crippen LogP contribution in [-0.2, 0) is 11.8 Å². The molecule has 0 spiro atoms. The maximum atomic E-state index is 11.2. The summed E-state index contributed by atoms with van der Waals surface area (Å²) in [6.45, 7) is 1.81. The molecule has 1 amide bonds. The number of hydrogen-bond acceptors (Lipinski definition) is 4. The Morgan fingerprint density at radius 1 is 1.35 bits per heavy atom. The summed E-state index contributed by atoms with van der Waals surface area (Å²) in [5.41, 5.74) is 1.68. The highest BCUT2D eigenvalue weighted by Gasteiger charge is 2.05. The van der Waals surface area contributed by atoms with Crippen molar-refractivity contribution in [3.8, 4) is 11.4 Å². The average molecular weight is 231 g/mol. The summed E-state index contributed by atoms with van der Waals surface area (Å²) in [4.78, 5) is 11.2. The van der Waals surface area contributed by atoms with E-state index >= 15 is 0 Å². The molecule has 6 nitrogen and oxygen atoms in total. The summed E-state index contributed by atoms with van der Waals surface area (Å²) >= 11 is 0. The van der Waals surface area contributed by atoms with E-state index < -0.39 is 0 Å². The molecule has 1 N–H and O–H groups in total. The van der Waals surface area contributed by atoms with Crippen LogP contribution in [0.2, 0.25) is 0 Å². The Balaban J connectivity index is 2.19. The smallest absolute Gasteiger partial charge is 0.224 e. The first-order valence-electron chi connectivity index (χ1n) is 5.33. The molecule has 0 radical (unpaired) electrons. The van der Waals surface area contributed by atoms with E-state index in [1.807, 2.05) is 31.2 Å². The Morgan fingerprint density at radius 2 is 2.06 bits per heavy atom. The summed E-state index contributed by atoms with van der Waals surface area (Å²) in [5, 5.41) is 14.0. The molecule has 0 unspecified atom stereocenters. The lowest BCUT2D eigenvalue weighted by atomic mass is 10.2. The third-order valence-corrected chi connectivity index (χ3v) is 2.37. The molecule has 0 saturated carbocycles. The predicted octanol–water partition coefficient (Wildman–Crippen LogP) is 1.23. The lowest BCUT2D eigenvalue weighted by Crippen LogP contribution is -2.09. The number of rotatable bonds is 3. The van der Waals surface area contributed by atoms with Crippen LogP contribution in [0.1, 0.15) is 13.3 Å². The highest BCUT2D eigenvalue weighted by Crippen LogP contribution is 2.17. The molecule has 1 aromatic heterocycles. The Kier molecular flexibility index (Phi) is 3.13. The number of tetrazole rings is 1. The maximum Gasteiger partial charge on any atom is 0.224 e. The van der Waals surface area contributed by atoms with Crippen molar-refractivity contribution < 1.29 is 4.79 Å². The fourth-order valence-corrected chi connectivity index (χ4v) is 1.43. The minimum absolute atomic E-state index is 0.00178. The minimum atomic E-state index is -0.00178. The van der Waals surface area contributed by atoms with Gasteiger partial charge in [-0.05, 0) is 34.7 Å². The van der Waals surface area contributed by atoms with Crippen LogP contribution in [0, 0.1) is 0 Å². The molecule has 0 saturated heterocycles. The molecule has 2 aromatic rings. The van der Waals surface area contributed by atoms with Gasteiger partial charge in [0.2, 0.25) is 5.91 Å². The summed E-state index contributed by atoms with van der Waals surface area (Å²) < 4.78 is 1.60. The van der Waals surface area contributed by atoms with Crippen LogP contribution >= 0.6 is 0 Å². The first-order valence-corrected chi connectivity index (χ1v) is 5.33. The Morgan fingerprint density at radius 3 is 2.59 bits per heavy atom. The van der Waals surface area contributed by atoms with Gasteiger partial charge in [0.15, 0.2) is 5.82 Å². The molecule has 0 aliphatic carbocycles. The molecule has 17 heavy (non-hydrogen) atoms. The van der Waals surface area contributed by atoms with Gasteiger partial charge in [-0.2, -0.15) is 0 Å². The van der Waals surface area contributed by atoms with Crippen molar-refractivity contribution in [2.45, 2.75) is 13.3 Å². The number of nitrogens with zero attached hydrogens (tertiary/aromatic N) is 4. The van der Waals surface area contributed by atoms with Crippen LogP contribution in [0.25, 0.3) is 11.4 Å². The molecule has 0 atom stereocenters. The molecule has 1 aromatic carbocycles. The van der Waals surface area contributed by atoms with E-state index in [0.717, 1.165) is 11.3 Å². The zero-order chi connectivity index (χ0) is 12.3.